The molecule has 98 valence electrons. The Bertz CT molecular complexity index is 884. The molecular formula is C17H14N2O. The van der Waals surface area contributed by atoms with Gasteiger partial charge in [0.2, 0.25) is 0 Å². The van der Waals surface area contributed by atoms with Crippen LogP contribution in [0.2, 0.25) is 0 Å². The molecular weight excluding hydrogens is 248 g/mol. The fourth-order valence-electron chi connectivity index (χ4n) is 2.63. The highest BCUT2D eigenvalue weighted by Gasteiger charge is 2.05. The zero-order valence-corrected chi connectivity index (χ0v) is 11.2. The highest BCUT2D eigenvalue weighted by Crippen LogP contribution is 2.26. The molecule has 3 nitrogen and oxygen atoms in total. The third-order valence-electron chi connectivity index (χ3n) is 3.70. The first kappa shape index (κ1) is 11.2. The van der Waals surface area contributed by atoms with Crippen LogP contribution in [0.25, 0.3) is 22.2 Å². The molecule has 3 heteroatoms. The summed E-state index contributed by atoms with van der Waals surface area (Å²) in [6, 6.07) is 14.6. The number of methoxy groups -OCH3 is 1. The molecule has 0 saturated heterocycles. The van der Waals surface area contributed by atoms with E-state index in [2.05, 4.69) is 63.9 Å². The van der Waals surface area contributed by atoms with Crippen LogP contribution in [0.4, 0.5) is 0 Å². The minimum atomic E-state index is 0.881. The van der Waals surface area contributed by atoms with Crippen LogP contribution in [0.5, 0.6) is 5.75 Å². The Hall–Kier alpha value is -2.68. The lowest BCUT2D eigenvalue weighted by molar-refractivity contribution is 0.415. The lowest BCUT2D eigenvalue weighted by atomic mass is 10.1. The minimum Gasteiger partial charge on any atom is -0.497 e. The Labute approximate surface area is 116 Å². The van der Waals surface area contributed by atoms with E-state index in [1.807, 2.05) is 12.1 Å². The zero-order chi connectivity index (χ0) is 13.5. The van der Waals surface area contributed by atoms with E-state index in [0.717, 1.165) is 5.75 Å². The van der Waals surface area contributed by atoms with Crippen molar-refractivity contribution in [2.24, 2.45) is 0 Å². The molecule has 3 aromatic heterocycles. The fourth-order valence-corrected chi connectivity index (χ4v) is 2.63. The molecule has 0 fully saturated rings. The predicted molar refractivity (Wildman–Crippen MR) is 80.3 cm³/mol. The quantitative estimate of drug-likeness (QED) is 0.536. The summed E-state index contributed by atoms with van der Waals surface area (Å²) < 4.78 is 9.50. The molecule has 0 spiro atoms. The van der Waals surface area contributed by atoms with Gasteiger partial charge in [0.15, 0.2) is 0 Å². The molecule has 0 saturated carbocycles. The topological polar surface area (TPSA) is 18.1 Å². The van der Waals surface area contributed by atoms with Crippen molar-refractivity contribution in [3.05, 3.63) is 67.3 Å². The van der Waals surface area contributed by atoms with Gasteiger partial charge in [-0.3, -0.25) is 0 Å². The van der Waals surface area contributed by atoms with Crippen molar-refractivity contribution in [2.45, 2.75) is 0 Å². The maximum absolute atomic E-state index is 5.20. The summed E-state index contributed by atoms with van der Waals surface area (Å²) in [6.45, 7) is 0. The number of hydrogen-bond donors (Lipinski definition) is 0. The number of hydrogen-bond acceptors (Lipinski definition) is 1. The summed E-state index contributed by atoms with van der Waals surface area (Å²) in [5.41, 5.74) is 4.83. The van der Waals surface area contributed by atoms with Gasteiger partial charge in [-0.2, -0.15) is 0 Å². The summed E-state index contributed by atoms with van der Waals surface area (Å²) in [6.07, 6.45) is 8.37. The first-order valence-electron chi connectivity index (χ1n) is 6.57. The van der Waals surface area contributed by atoms with E-state index in [0.29, 0.717) is 0 Å². The summed E-state index contributed by atoms with van der Waals surface area (Å²) in [5, 5.41) is 0. The van der Waals surface area contributed by atoms with Crippen LogP contribution < -0.4 is 4.74 Å². The average molecular weight is 262 g/mol. The highest BCUT2D eigenvalue weighted by molar-refractivity contribution is 5.82. The van der Waals surface area contributed by atoms with Crippen LogP contribution >= 0.6 is 0 Å². The molecule has 0 aliphatic carbocycles. The van der Waals surface area contributed by atoms with Crippen molar-refractivity contribution in [3.8, 4) is 16.9 Å². The number of fused-ring (bicyclic) bond motifs is 3. The van der Waals surface area contributed by atoms with Crippen LogP contribution in [0.1, 0.15) is 0 Å². The van der Waals surface area contributed by atoms with Crippen molar-refractivity contribution in [2.75, 3.05) is 7.11 Å². The second-order valence-electron chi connectivity index (χ2n) is 4.85. The Balaban J connectivity index is 1.90. The van der Waals surface area contributed by atoms with E-state index in [1.165, 1.54) is 22.2 Å². The van der Waals surface area contributed by atoms with Gasteiger partial charge in [-0.25, -0.2) is 0 Å². The summed E-state index contributed by atoms with van der Waals surface area (Å²) in [4.78, 5) is 0. The molecule has 0 N–H and O–H groups in total. The van der Waals surface area contributed by atoms with Gasteiger partial charge in [-0.15, -0.1) is 0 Å². The predicted octanol–water partition coefficient (Wildman–Crippen LogP) is 3.87. The van der Waals surface area contributed by atoms with E-state index in [9.17, 15) is 0 Å². The summed E-state index contributed by atoms with van der Waals surface area (Å²) >= 11 is 0. The molecule has 0 radical (unpaired) electrons. The summed E-state index contributed by atoms with van der Waals surface area (Å²) in [7, 11) is 1.69. The van der Waals surface area contributed by atoms with Crippen molar-refractivity contribution in [1.29, 1.82) is 0 Å². The molecule has 0 bridgehead atoms. The van der Waals surface area contributed by atoms with Gasteiger partial charge in [0.05, 0.1) is 18.1 Å². The van der Waals surface area contributed by atoms with E-state index >= 15 is 0 Å². The first-order valence-corrected chi connectivity index (χ1v) is 6.57. The zero-order valence-electron chi connectivity index (χ0n) is 11.2. The number of ether oxygens (including phenoxy) is 1. The molecule has 0 aliphatic heterocycles. The molecule has 4 aromatic rings. The largest absolute Gasteiger partial charge is 0.497 e. The van der Waals surface area contributed by atoms with Gasteiger partial charge in [0.1, 0.15) is 5.75 Å². The number of nitrogens with zero attached hydrogens (tertiary/aromatic N) is 2. The van der Waals surface area contributed by atoms with Gasteiger partial charge < -0.3 is 13.5 Å². The first-order chi connectivity index (χ1) is 9.85. The minimum absolute atomic E-state index is 0.881. The monoisotopic (exact) mass is 262 g/mol. The highest BCUT2D eigenvalue weighted by atomic mass is 16.5. The van der Waals surface area contributed by atoms with Crippen LogP contribution in [-0.4, -0.2) is 15.9 Å². The van der Waals surface area contributed by atoms with Gasteiger partial charge in [0.25, 0.3) is 0 Å². The molecule has 4 rings (SSSR count). The standard InChI is InChI=1S/C17H14N2O/c1-20-15-6-4-13(5-7-15)14-11-17-16-3-2-8-18(16)9-10-19(17)12-14/h2-12H,1H3. The van der Waals surface area contributed by atoms with E-state index < -0.39 is 0 Å². The van der Waals surface area contributed by atoms with Crippen LogP contribution in [0, 0.1) is 0 Å². The Morgan fingerprint density at radius 3 is 2.40 bits per heavy atom. The third-order valence-corrected chi connectivity index (χ3v) is 3.70. The van der Waals surface area contributed by atoms with Gasteiger partial charge in [-0.05, 0) is 35.9 Å². The second-order valence-corrected chi connectivity index (χ2v) is 4.85. The maximum atomic E-state index is 5.20. The lowest BCUT2D eigenvalue weighted by Gasteiger charge is -2.00. The maximum Gasteiger partial charge on any atom is 0.118 e. The van der Waals surface area contributed by atoms with Crippen LogP contribution in [0.3, 0.4) is 0 Å². The smallest absolute Gasteiger partial charge is 0.118 e. The van der Waals surface area contributed by atoms with Crippen LogP contribution in [0.15, 0.2) is 67.3 Å². The van der Waals surface area contributed by atoms with E-state index in [-0.39, 0.29) is 0 Å². The summed E-state index contributed by atoms with van der Waals surface area (Å²) in [5.74, 6) is 0.881. The Morgan fingerprint density at radius 2 is 1.60 bits per heavy atom. The van der Waals surface area contributed by atoms with Gasteiger partial charge in [0, 0.05) is 30.4 Å². The van der Waals surface area contributed by atoms with Gasteiger partial charge >= 0.3 is 0 Å². The molecule has 0 unspecified atom stereocenters. The molecule has 0 amide bonds. The SMILES string of the molecule is COc1ccc(-c2cc3c4cccn4ccn3c2)cc1. The van der Waals surface area contributed by atoms with Crippen molar-refractivity contribution in [3.63, 3.8) is 0 Å². The third kappa shape index (κ3) is 1.60. The number of benzene rings is 1. The molecule has 20 heavy (non-hydrogen) atoms. The van der Waals surface area contributed by atoms with Crippen molar-refractivity contribution >= 4 is 11.0 Å². The molecule has 0 atom stereocenters. The van der Waals surface area contributed by atoms with E-state index in [4.69, 9.17) is 4.74 Å². The second kappa shape index (κ2) is 4.17. The normalized spacial score (nSPS) is 11.2. The number of aromatic nitrogens is 2. The Kier molecular flexibility index (Phi) is 2.33. The van der Waals surface area contributed by atoms with Gasteiger partial charge in [-0.1, -0.05) is 12.1 Å². The average Bonchev–Trinajstić information content (AvgIpc) is 3.12. The van der Waals surface area contributed by atoms with Crippen molar-refractivity contribution in [1.82, 2.24) is 8.80 Å². The lowest BCUT2D eigenvalue weighted by Crippen LogP contribution is -1.87. The molecule has 1 aromatic carbocycles. The van der Waals surface area contributed by atoms with E-state index in [1.54, 1.807) is 7.11 Å². The molecule has 3 heterocycles. The number of rotatable bonds is 2. The van der Waals surface area contributed by atoms with Crippen molar-refractivity contribution < 1.29 is 4.74 Å². The van der Waals surface area contributed by atoms with Crippen LogP contribution in [-0.2, 0) is 0 Å². The molecule has 0 aliphatic rings. The fraction of sp³-hybridized carbons (Fsp3) is 0.0588. The Morgan fingerprint density at radius 1 is 0.800 bits per heavy atom.